The van der Waals surface area contributed by atoms with Crippen molar-refractivity contribution < 1.29 is 4.79 Å². The van der Waals surface area contributed by atoms with E-state index in [1.54, 1.807) is 34.2 Å². The molecule has 8 nitrogen and oxygen atoms in total. The second kappa shape index (κ2) is 8.09. The smallest absolute Gasteiger partial charge is 0.244 e. The standard InChI is InChI=1S/C20H17N7O/c28-19(9-8-16-11-24-26(13-16)18-6-2-1-3-7-18)23-12-17-5-4-10-22-20(17)27-15-21-14-25-27/h1-11,13-15H,12H2,(H,23,28)/b9-8+. The van der Waals surface area contributed by atoms with Crippen molar-refractivity contribution in [1.82, 2.24) is 34.8 Å². The number of rotatable bonds is 6. The van der Waals surface area contributed by atoms with Gasteiger partial charge in [0.2, 0.25) is 5.91 Å². The third kappa shape index (κ3) is 4.01. The maximum absolute atomic E-state index is 12.2. The average molecular weight is 371 g/mol. The van der Waals surface area contributed by atoms with Crippen molar-refractivity contribution in [2.24, 2.45) is 0 Å². The van der Waals surface area contributed by atoms with Crippen molar-refractivity contribution in [3.05, 3.63) is 90.9 Å². The number of pyridine rings is 1. The summed E-state index contributed by atoms with van der Waals surface area (Å²) in [5.41, 5.74) is 2.64. The number of benzene rings is 1. The van der Waals surface area contributed by atoms with Gasteiger partial charge in [-0.25, -0.2) is 19.3 Å². The van der Waals surface area contributed by atoms with Crippen molar-refractivity contribution in [3.8, 4) is 11.5 Å². The van der Waals surface area contributed by atoms with E-state index < -0.39 is 0 Å². The van der Waals surface area contributed by atoms with Gasteiger partial charge >= 0.3 is 0 Å². The Balaban J connectivity index is 1.39. The Hall–Kier alpha value is -4.07. The van der Waals surface area contributed by atoms with Gasteiger partial charge in [-0.3, -0.25) is 4.79 Å². The van der Waals surface area contributed by atoms with Crippen LogP contribution < -0.4 is 5.32 Å². The molecule has 0 fully saturated rings. The highest BCUT2D eigenvalue weighted by molar-refractivity contribution is 5.91. The number of carbonyl (C=O) groups excluding carboxylic acids is 1. The number of nitrogens with one attached hydrogen (secondary N) is 1. The Kier molecular flexibility index (Phi) is 5.01. The van der Waals surface area contributed by atoms with E-state index in [1.165, 1.54) is 12.4 Å². The molecule has 0 saturated heterocycles. The second-order valence-corrected chi connectivity index (χ2v) is 5.93. The fraction of sp³-hybridized carbons (Fsp3) is 0.0500. The Labute approximate surface area is 161 Å². The van der Waals surface area contributed by atoms with E-state index in [4.69, 9.17) is 0 Å². The Morgan fingerprint density at radius 3 is 2.79 bits per heavy atom. The summed E-state index contributed by atoms with van der Waals surface area (Å²) in [6, 6.07) is 13.5. The van der Waals surface area contributed by atoms with Crippen LogP contribution in [0.3, 0.4) is 0 Å². The number of nitrogens with zero attached hydrogens (tertiary/aromatic N) is 6. The van der Waals surface area contributed by atoms with Gasteiger partial charge in [0.05, 0.1) is 11.9 Å². The quantitative estimate of drug-likeness (QED) is 0.525. The van der Waals surface area contributed by atoms with Crippen LogP contribution in [-0.4, -0.2) is 35.4 Å². The van der Waals surface area contributed by atoms with E-state index >= 15 is 0 Å². The molecule has 0 bridgehead atoms. The zero-order valence-electron chi connectivity index (χ0n) is 14.9. The number of hydrogen-bond donors (Lipinski definition) is 1. The van der Waals surface area contributed by atoms with Crippen molar-refractivity contribution in [2.75, 3.05) is 0 Å². The molecular formula is C20H17N7O. The van der Waals surface area contributed by atoms with Crippen molar-refractivity contribution in [2.45, 2.75) is 6.54 Å². The summed E-state index contributed by atoms with van der Waals surface area (Å²) in [4.78, 5) is 20.4. The first kappa shape index (κ1) is 17.3. The van der Waals surface area contributed by atoms with E-state index in [0.717, 1.165) is 16.8 Å². The summed E-state index contributed by atoms with van der Waals surface area (Å²) < 4.78 is 3.33. The first-order valence-corrected chi connectivity index (χ1v) is 8.64. The SMILES string of the molecule is O=C(/C=C/c1cnn(-c2ccccc2)c1)NCc1cccnc1-n1cncn1. The van der Waals surface area contributed by atoms with Gasteiger partial charge in [0.1, 0.15) is 12.7 Å². The lowest BCUT2D eigenvalue weighted by molar-refractivity contribution is -0.116. The second-order valence-electron chi connectivity index (χ2n) is 5.93. The maximum Gasteiger partial charge on any atom is 0.244 e. The number of carbonyl (C=O) groups is 1. The van der Waals surface area contributed by atoms with Crippen LogP contribution in [0.25, 0.3) is 17.6 Å². The average Bonchev–Trinajstić information content (AvgIpc) is 3.44. The molecule has 0 atom stereocenters. The molecule has 1 N–H and O–H groups in total. The lowest BCUT2D eigenvalue weighted by Crippen LogP contribution is -2.21. The summed E-state index contributed by atoms with van der Waals surface area (Å²) in [6.07, 6.45) is 11.5. The van der Waals surface area contributed by atoms with Crippen molar-refractivity contribution in [1.29, 1.82) is 0 Å². The fourth-order valence-corrected chi connectivity index (χ4v) is 2.65. The molecule has 0 aliphatic carbocycles. The highest BCUT2D eigenvalue weighted by Gasteiger charge is 2.07. The van der Waals surface area contributed by atoms with Crippen LogP contribution in [0.5, 0.6) is 0 Å². The predicted molar refractivity (Wildman–Crippen MR) is 104 cm³/mol. The van der Waals surface area contributed by atoms with Gasteiger partial charge in [-0.1, -0.05) is 24.3 Å². The van der Waals surface area contributed by atoms with Crippen LogP contribution in [0.2, 0.25) is 0 Å². The molecule has 0 saturated carbocycles. The summed E-state index contributed by atoms with van der Waals surface area (Å²) in [7, 11) is 0. The molecule has 0 spiro atoms. The maximum atomic E-state index is 12.2. The molecule has 3 aromatic heterocycles. The van der Waals surface area contributed by atoms with Crippen molar-refractivity contribution in [3.63, 3.8) is 0 Å². The molecule has 4 aromatic rings. The minimum absolute atomic E-state index is 0.208. The van der Waals surface area contributed by atoms with Gasteiger partial charge < -0.3 is 5.32 Å². The zero-order valence-corrected chi connectivity index (χ0v) is 14.9. The lowest BCUT2D eigenvalue weighted by atomic mass is 10.2. The van der Waals surface area contributed by atoms with E-state index in [1.807, 2.05) is 48.7 Å². The summed E-state index contributed by atoms with van der Waals surface area (Å²) in [5.74, 6) is 0.425. The Bertz CT molecular complexity index is 1080. The van der Waals surface area contributed by atoms with Crippen molar-refractivity contribution >= 4 is 12.0 Å². The zero-order chi connectivity index (χ0) is 19.2. The largest absolute Gasteiger partial charge is 0.348 e. The first-order chi connectivity index (χ1) is 13.8. The lowest BCUT2D eigenvalue weighted by Gasteiger charge is -2.08. The molecule has 1 aromatic carbocycles. The number of amides is 1. The van der Waals surface area contributed by atoms with E-state index in [0.29, 0.717) is 12.4 Å². The number of hydrogen-bond acceptors (Lipinski definition) is 5. The van der Waals surface area contributed by atoms with Crippen LogP contribution in [0.15, 0.2) is 79.8 Å². The molecule has 28 heavy (non-hydrogen) atoms. The molecule has 8 heteroatoms. The number of aromatic nitrogens is 6. The molecule has 4 rings (SSSR count). The third-order valence-corrected chi connectivity index (χ3v) is 4.01. The van der Waals surface area contributed by atoms with E-state index in [-0.39, 0.29) is 5.91 Å². The van der Waals surface area contributed by atoms with Crippen LogP contribution in [0.4, 0.5) is 0 Å². The molecule has 3 heterocycles. The van der Waals surface area contributed by atoms with Gasteiger partial charge in [0.15, 0.2) is 5.82 Å². The van der Waals surface area contributed by atoms with Crippen LogP contribution >= 0.6 is 0 Å². The van der Waals surface area contributed by atoms with Gasteiger partial charge in [-0.2, -0.15) is 10.2 Å². The molecule has 0 unspecified atom stereocenters. The molecule has 0 aliphatic heterocycles. The number of para-hydroxylation sites is 1. The minimum atomic E-state index is -0.208. The highest BCUT2D eigenvalue weighted by atomic mass is 16.1. The normalized spacial score (nSPS) is 11.0. The summed E-state index contributed by atoms with van der Waals surface area (Å²) in [5, 5.41) is 11.2. The molecule has 1 amide bonds. The summed E-state index contributed by atoms with van der Waals surface area (Å²) >= 11 is 0. The molecule has 138 valence electrons. The topological polar surface area (TPSA) is 90.5 Å². The molecular weight excluding hydrogens is 354 g/mol. The molecule has 0 aliphatic rings. The van der Waals surface area contributed by atoms with Crippen LogP contribution in [0.1, 0.15) is 11.1 Å². The first-order valence-electron chi connectivity index (χ1n) is 8.64. The summed E-state index contributed by atoms with van der Waals surface area (Å²) in [6.45, 7) is 0.329. The van der Waals surface area contributed by atoms with Crippen LogP contribution in [-0.2, 0) is 11.3 Å². The minimum Gasteiger partial charge on any atom is -0.348 e. The van der Waals surface area contributed by atoms with Gasteiger partial charge in [-0.05, 0) is 24.3 Å². The van der Waals surface area contributed by atoms with Gasteiger partial charge in [0, 0.05) is 36.1 Å². The monoisotopic (exact) mass is 371 g/mol. The third-order valence-electron chi connectivity index (χ3n) is 4.01. The molecule has 0 radical (unpaired) electrons. The van der Waals surface area contributed by atoms with Gasteiger partial charge in [-0.15, -0.1) is 0 Å². The van der Waals surface area contributed by atoms with Gasteiger partial charge in [0.25, 0.3) is 0 Å². The Morgan fingerprint density at radius 2 is 1.96 bits per heavy atom. The predicted octanol–water partition coefficient (Wildman–Crippen LogP) is 2.18. The highest BCUT2D eigenvalue weighted by Crippen LogP contribution is 2.10. The fourth-order valence-electron chi connectivity index (χ4n) is 2.65. The van der Waals surface area contributed by atoms with E-state index in [2.05, 4.69) is 25.5 Å². The Morgan fingerprint density at radius 1 is 1.07 bits per heavy atom. The van der Waals surface area contributed by atoms with Crippen LogP contribution in [0, 0.1) is 0 Å². The van der Waals surface area contributed by atoms with E-state index in [9.17, 15) is 4.79 Å².